The van der Waals surface area contributed by atoms with Gasteiger partial charge in [0.2, 0.25) is 5.91 Å². The molecule has 0 aliphatic heterocycles. The van der Waals surface area contributed by atoms with Gasteiger partial charge >= 0.3 is 0 Å². The summed E-state index contributed by atoms with van der Waals surface area (Å²) >= 11 is 1.54. The van der Waals surface area contributed by atoms with Crippen molar-refractivity contribution in [1.82, 2.24) is 5.32 Å². The summed E-state index contributed by atoms with van der Waals surface area (Å²) in [6.45, 7) is 3.56. The van der Waals surface area contributed by atoms with E-state index >= 15 is 0 Å². The second kappa shape index (κ2) is 5.12. The van der Waals surface area contributed by atoms with E-state index in [0.29, 0.717) is 0 Å². The molecule has 1 amide bonds. The summed E-state index contributed by atoms with van der Waals surface area (Å²) in [6, 6.07) is 9.90. The topological polar surface area (TPSA) is 49.3 Å². The fraction of sp³-hybridized carbons (Fsp3) is 0.154. The summed E-state index contributed by atoms with van der Waals surface area (Å²) in [5.74, 6) is -0.273. The smallest absolute Gasteiger partial charge is 0.243 e. The van der Waals surface area contributed by atoms with E-state index in [1.807, 2.05) is 30.3 Å². The van der Waals surface area contributed by atoms with Crippen LogP contribution in [0.2, 0.25) is 0 Å². The molecular weight excluding hydrogens is 234 g/mol. The lowest BCUT2D eigenvalue weighted by Gasteiger charge is -2.08. The van der Waals surface area contributed by atoms with Crippen molar-refractivity contribution in [3.05, 3.63) is 47.9 Å². The van der Waals surface area contributed by atoms with Gasteiger partial charge in [0.1, 0.15) is 6.10 Å². The minimum absolute atomic E-state index is 0.206. The summed E-state index contributed by atoms with van der Waals surface area (Å²) in [4.78, 5) is 11.8. The lowest BCUT2D eigenvalue weighted by Crippen LogP contribution is -2.26. The number of thiophene rings is 1. The molecule has 0 unspecified atom stereocenters. The molecule has 17 heavy (non-hydrogen) atoms. The van der Waals surface area contributed by atoms with Crippen LogP contribution in [0.25, 0.3) is 10.1 Å². The second-order valence-electron chi connectivity index (χ2n) is 3.65. The van der Waals surface area contributed by atoms with Crippen LogP contribution in [0.3, 0.4) is 0 Å². The molecule has 3 nitrogen and oxygen atoms in total. The van der Waals surface area contributed by atoms with Crippen LogP contribution in [0, 0.1) is 0 Å². The number of benzene rings is 1. The molecule has 0 fully saturated rings. The first-order chi connectivity index (χ1) is 8.20. The third-order valence-corrected chi connectivity index (χ3v) is 3.65. The van der Waals surface area contributed by atoms with Gasteiger partial charge in [-0.05, 0) is 23.6 Å². The number of hydrogen-bond donors (Lipinski definition) is 2. The summed E-state index contributed by atoms with van der Waals surface area (Å²) in [5, 5.41) is 13.6. The molecule has 2 N–H and O–H groups in total. The SMILES string of the molecule is C=CC(=O)NC[C@@H](O)c1cc2ccccc2s1. The number of aliphatic hydroxyl groups excluding tert-OH is 1. The molecule has 4 heteroatoms. The van der Waals surface area contributed by atoms with Crippen LogP contribution in [-0.2, 0) is 4.79 Å². The Morgan fingerprint density at radius 3 is 3.00 bits per heavy atom. The highest BCUT2D eigenvalue weighted by molar-refractivity contribution is 7.19. The molecule has 88 valence electrons. The molecule has 2 aromatic rings. The number of carbonyl (C=O) groups excluding carboxylic acids is 1. The van der Waals surface area contributed by atoms with Crippen molar-refractivity contribution in [1.29, 1.82) is 0 Å². The van der Waals surface area contributed by atoms with Crippen LogP contribution in [0.4, 0.5) is 0 Å². The second-order valence-corrected chi connectivity index (χ2v) is 4.77. The highest BCUT2D eigenvalue weighted by atomic mass is 32.1. The quantitative estimate of drug-likeness (QED) is 0.814. The highest BCUT2D eigenvalue weighted by Crippen LogP contribution is 2.29. The lowest BCUT2D eigenvalue weighted by atomic mass is 10.2. The van der Waals surface area contributed by atoms with E-state index in [-0.39, 0.29) is 12.5 Å². The molecule has 1 heterocycles. The molecule has 1 aromatic heterocycles. The molecule has 0 bridgehead atoms. The first kappa shape index (κ1) is 11.8. The van der Waals surface area contributed by atoms with E-state index in [2.05, 4.69) is 11.9 Å². The molecule has 0 saturated heterocycles. The van der Waals surface area contributed by atoms with Crippen molar-refractivity contribution in [2.75, 3.05) is 6.54 Å². The Hall–Kier alpha value is -1.65. The molecule has 1 atom stereocenters. The zero-order chi connectivity index (χ0) is 12.3. The number of fused-ring (bicyclic) bond motifs is 1. The van der Waals surface area contributed by atoms with Crippen molar-refractivity contribution in [2.45, 2.75) is 6.10 Å². The maximum Gasteiger partial charge on any atom is 0.243 e. The van der Waals surface area contributed by atoms with Gasteiger partial charge in [-0.25, -0.2) is 0 Å². The van der Waals surface area contributed by atoms with E-state index in [1.54, 1.807) is 0 Å². The number of hydrogen-bond acceptors (Lipinski definition) is 3. The standard InChI is InChI=1S/C13H13NO2S/c1-2-13(16)14-8-10(15)12-7-9-5-3-4-6-11(9)17-12/h2-7,10,15H,1,8H2,(H,14,16)/t10-/m1/s1. The van der Waals surface area contributed by atoms with Crippen LogP contribution in [0.5, 0.6) is 0 Å². The molecule has 0 aliphatic rings. The van der Waals surface area contributed by atoms with Crippen LogP contribution in [0.1, 0.15) is 11.0 Å². The molecule has 0 saturated carbocycles. The van der Waals surface area contributed by atoms with E-state index in [1.165, 1.54) is 17.4 Å². The van der Waals surface area contributed by atoms with Crippen molar-refractivity contribution < 1.29 is 9.90 Å². The van der Waals surface area contributed by atoms with Gasteiger partial charge in [0, 0.05) is 16.1 Å². The average molecular weight is 247 g/mol. The van der Waals surface area contributed by atoms with Gasteiger partial charge in [-0.3, -0.25) is 4.79 Å². The van der Waals surface area contributed by atoms with Crippen LogP contribution >= 0.6 is 11.3 Å². The van der Waals surface area contributed by atoms with Gasteiger partial charge in [-0.1, -0.05) is 24.8 Å². The number of amides is 1. The van der Waals surface area contributed by atoms with Crippen LogP contribution < -0.4 is 5.32 Å². The third-order valence-electron chi connectivity index (χ3n) is 2.43. The Bertz CT molecular complexity index is 514. The van der Waals surface area contributed by atoms with Gasteiger partial charge in [-0.2, -0.15) is 0 Å². The molecule has 0 aliphatic carbocycles. The normalized spacial score (nSPS) is 12.3. The summed E-state index contributed by atoms with van der Waals surface area (Å²) in [5.41, 5.74) is 0. The Morgan fingerprint density at radius 1 is 1.53 bits per heavy atom. The zero-order valence-corrected chi connectivity index (χ0v) is 10.0. The Labute approximate surface area is 103 Å². The maximum absolute atomic E-state index is 11.0. The predicted octanol–water partition coefficient (Wildman–Crippen LogP) is 2.24. The van der Waals surface area contributed by atoms with Gasteiger partial charge in [0.05, 0.1) is 0 Å². The molecule has 0 radical (unpaired) electrons. The first-order valence-electron chi connectivity index (χ1n) is 5.27. The summed E-state index contributed by atoms with van der Waals surface area (Å²) in [6.07, 6.45) is 0.522. The lowest BCUT2D eigenvalue weighted by molar-refractivity contribution is -0.116. The molecule has 0 spiro atoms. The van der Waals surface area contributed by atoms with Crippen molar-refractivity contribution in [3.8, 4) is 0 Å². The van der Waals surface area contributed by atoms with Crippen molar-refractivity contribution in [3.63, 3.8) is 0 Å². The number of aliphatic hydroxyl groups is 1. The number of carbonyl (C=O) groups is 1. The number of nitrogens with one attached hydrogen (secondary N) is 1. The Kier molecular flexibility index (Phi) is 3.56. The Balaban J connectivity index is 2.10. The van der Waals surface area contributed by atoms with Gasteiger partial charge in [0.15, 0.2) is 0 Å². The van der Waals surface area contributed by atoms with E-state index in [9.17, 15) is 9.90 Å². The fourth-order valence-corrected chi connectivity index (χ4v) is 2.59. The van der Waals surface area contributed by atoms with Gasteiger partial charge in [0.25, 0.3) is 0 Å². The monoisotopic (exact) mass is 247 g/mol. The molecule has 1 aromatic carbocycles. The average Bonchev–Trinajstić information content (AvgIpc) is 2.79. The van der Waals surface area contributed by atoms with Crippen molar-refractivity contribution in [2.24, 2.45) is 0 Å². The minimum atomic E-state index is -0.670. The fourth-order valence-electron chi connectivity index (χ4n) is 1.54. The minimum Gasteiger partial charge on any atom is -0.386 e. The summed E-state index contributed by atoms with van der Waals surface area (Å²) in [7, 11) is 0. The first-order valence-corrected chi connectivity index (χ1v) is 6.09. The Morgan fingerprint density at radius 2 is 2.29 bits per heavy atom. The van der Waals surface area contributed by atoms with Crippen LogP contribution in [0.15, 0.2) is 43.0 Å². The maximum atomic E-state index is 11.0. The molecular formula is C13H13NO2S. The third kappa shape index (κ3) is 2.72. The van der Waals surface area contributed by atoms with E-state index < -0.39 is 6.10 Å². The van der Waals surface area contributed by atoms with E-state index in [0.717, 1.165) is 15.0 Å². The van der Waals surface area contributed by atoms with Gasteiger partial charge < -0.3 is 10.4 Å². The highest BCUT2D eigenvalue weighted by Gasteiger charge is 2.11. The molecule has 2 rings (SSSR count). The largest absolute Gasteiger partial charge is 0.386 e. The van der Waals surface area contributed by atoms with Crippen molar-refractivity contribution >= 4 is 27.3 Å². The predicted molar refractivity (Wildman–Crippen MR) is 70.0 cm³/mol. The van der Waals surface area contributed by atoms with Gasteiger partial charge in [-0.15, -0.1) is 11.3 Å². The van der Waals surface area contributed by atoms with E-state index in [4.69, 9.17) is 0 Å². The van der Waals surface area contributed by atoms with Crippen LogP contribution in [-0.4, -0.2) is 17.6 Å². The number of rotatable bonds is 4. The summed E-state index contributed by atoms with van der Waals surface area (Å²) < 4.78 is 1.14. The zero-order valence-electron chi connectivity index (χ0n) is 9.22.